The van der Waals surface area contributed by atoms with Crippen LogP contribution in [-0.2, 0) is 10.5 Å². The Kier molecular flexibility index (Phi) is 1.81. The number of carbonyl (C=O) groups excluding carboxylic acids is 1. The van der Waals surface area contributed by atoms with Crippen LogP contribution in [0.5, 0.6) is 0 Å². The lowest BCUT2D eigenvalue weighted by atomic mass is 10.1. The van der Waals surface area contributed by atoms with E-state index in [4.69, 9.17) is 5.73 Å². The molecule has 0 aromatic heterocycles. The molecule has 0 bridgehead atoms. The van der Waals surface area contributed by atoms with Gasteiger partial charge in [-0.15, -0.1) is 11.8 Å². The van der Waals surface area contributed by atoms with Gasteiger partial charge in [-0.05, 0) is 11.1 Å². The molecule has 1 aliphatic heterocycles. The quantitative estimate of drug-likeness (QED) is 0.709. The molecular formula is C9H9NOS. The van der Waals surface area contributed by atoms with Gasteiger partial charge >= 0.3 is 0 Å². The zero-order chi connectivity index (χ0) is 8.55. The fourth-order valence-electron chi connectivity index (χ4n) is 1.42. The molecule has 2 rings (SSSR count). The number of rotatable bonds is 1. The summed E-state index contributed by atoms with van der Waals surface area (Å²) in [4.78, 5) is 11.0. The molecule has 1 aromatic carbocycles. The molecule has 0 radical (unpaired) electrons. The monoisotopic (exact) mass is 179 g/mol. The second-order valence-corrected chi connectivity index (χ2v) is 3.89. The minimum Gasteiger partial charge on any atom is -0.368 e. The highest BCUT2D eigenvalue weighted by Crippen LogP contribution is 2.40. The summed E-state index contributed by atoms with van der Waals surface area (Å²) in [5.41, 5.74) is 7.59. The van der Waals surface area contributed by atoms with Gasteiger partial charge in [0, 0.05) is 5.75 Å². The number of thioether (sulfide) groups is 1. The first-order valence-corrected chi connectivity index (χ1v) is 4.82. The van der Waals surface area contributed by atoms with E-state index in [1.54, 1.807) is 11.8 Å². The van der Waals surface area contributed by atoms with Crippen molar-refractivity contribution in [2.45, 2.75) is 11.0 Å². The van der Waals surface area contributed by atoms with E-state index >= 15 is 0 Å². The molecule has 0 saturated heterocycles. The number of amides is 1. The number of hydrogen-bond acceptors (Lipinski definition) is 2. The van der Waals surface area contributed by atoms with Crippen LogP contribution in [0, 0.1) is 0 Å². The lowest BCUT2D eigenvalue weighted by molar-refractivity contribution is -0.117. The van der Waals surface area contributed by atoms with Gasteiger partial charge in [0.1, 0.15) is 5.25 Å². The predicted octanol–water partition coefficient (Wildman–Crippen LogP) is 1.46. The topological polar surface area (TPSA) is 43.1 Å². The maximum absolute atomic E-state index is 11.0. The van der Waals surface area contributed by atoms with Crippen molar-refractivity contribution in [1.29, 1.82) is 0 Å². The van der Waals surface area contributed by atoms with Gasteiger partial charge in [0.2, 0.25) is 5.91 Å². The Morgan fingerprint density at radius 1 is 1.50 bits per heavy atom. The summed E-state index contributed by atoms with van der Waals surface area (Å²) in [6.07, 6.45) is 0. The molecule has 2 N–H and O–H groups in total. The predicted molar refractivity (Wildman–Crippen MR) is 49.7 cm³/mol. The van der Waals surface area contributed by atoms with Crippen molar-refractivity contribution >= 4 is 17.7 Å². The Labute approximate surface area is 75.1 Å². The van der Waals surface area contributed by atoms with Gasteiger partial charge in [-0.25, -0.2) is 0 Å². The second kappa shape index (κ2) is 2.83. The first kappa shape index (κ1) is 7.68. The van der Waals surface area contributed by atoms with Gasteiger partial charge < -0.3 is 5.73 Å². The molecule has 0 aliphatic carbocycles. The average molecular weight is 179 g/mol. The first-order chi connectivity index (χ1) is 5.79. The van der Waals surface area contributed by atoms with Crippen LogP contribution in [0.15, 0.2) is 24.3 Å². The van der Waals surface area contributed by atoms with Crippen molar-refractivity contribution in [1.82, 2.24) is 0 Å². The summed E-state index contributed by atoms with van der Waals surface area (Å²) >= 11 is 1.60. The lowest BCUT2D eigenvalue weighted by Gasteiger charge is -2.04. The fraction of sp³-hybridized carbons (Fsp3) is 0.222. The van der Waals surface area contributed by atoms with Crippen molar-refractivity contribution in [3.05, 3.63) is 35.4 Å². The van der Waals surface area contributed by atoms with E-state index in [1.807, 2.05) is 24.3 Å². The summed E-state index contributed by atoms with van der Waals surface area (Å²) in [7, 11) is 0. The summed E-state index contributed by atoms with van der Waals surface area (Å²) < 4.78 is 0. The molecule has 0 spiro atoms. The molecule has 1 heterocycles. The van der Waals surface area contributed by atoms with Crippen molar-refractivity contribution in [2.24, 2.45) is 5.73 Å². The highest BCUT2D eigenvalue weighted by atomic mass is 32.2. The maximum Gasteiger partial charge on any atom is 0.235 e. The van der Waals surface area contributed by atoms with Crippen LogP contribution in [0.1, 0.15) is 16.4 Å². The molecule has 1 atom stereocenters. The number of carbonyl (C=O) groups is 1. The van der Waals surface area contributed by atoms with Gasteiger partial charge in [-0.3, -0.25) is 4.79 Å². The molecule has 1 amide bonds. The fourth-order valence-corrected chi connectivity index (χ4v) is 2.60. The number of primary amides is 1. The molecule has 1 aliphatic rings. The second-order valence-electron chi connectivity index (χ2n) is 2.79. The minimum atomic E-state index is -0.232. The average Bonchev–Trinajstić information content (AvgIpc) is 2.47. The number of benzene rings is 1. The normalized spacial score (nSPS) is 20.5. The smallest absolute Gasteiger partial charge is 0.235 e. The zero-order valence-electron chi connectivity index (χ0n) is 6.49. The van der Waals surface area contributed by atoms with Gasteiger partial charge in [0.05, 0.1) is 0 Å². The molecule has 0 saturated carbocycles. The van der Waals surface area contributed by atoms with Crippen LogP contribution in [0.25, 0.3) is 0 Å². The molecule has 12 heavy (non-hydrogen) atoms. The van der Waals surface area contributed by atoms with Crippen LogP contribution in [0.3, 0.4) is 0 Å². The van der Waals surface area contributed by atoms with Crippen LogP contribution in [0.4, 0.5) is 0 Å². The van der Waals surface area contributed by atoms with E-state index < -0.39 is 0 Å². The van der Waals surface area contributed by atoms with Crippen molar-refractivity contribution < 1.29 is 4.79 Å². The third-order valence-electron chi connectivity index (χ3n) is 2.00. The summed E-state index contributed by atoms with van der Waals surface area (Å²) in [5, 5.41) is -0.124. The van der Waals surface area contributed by atoms with Gasteiger partial charge in [-0.2, -0.15) is 0 Å². The lowest BCUT2D eigenvalue weighted by Crippen LogP contribution is -2.17. The van der Waals surface area contributed by atoms with Crippen molar-refractivity contribution in [3.63, 3.8) is 0 Å². The van der Waals surface area contributed by atoms with Crippen molar-refractivity contribution in [3.8, 4) is 0 Å². The summed E-state index contributed by atoms with van der Waals surface area (Å²) in [6, 6.07) is 7.96. The van der Waals surface area contributed by atoms with Crippen LogP contribution < -0.4 is 5.73 Å². The standard InChI is InChI=1S/C9H9NOS/c10-9(11)8-7-4-2-1-3-6(7)5-12-8/h1-4,8H,5H2,(H2,10,11). The molecule has 1 unspecified atom stereocenters. The summed E-state index contributed by atoms with van der Waals surface area (Å²) in [6.45, 7) is 0. The Hall–Kier alpha value is -0.960. The van der Waals surface area contributed by atoms with Gasteiger partial charge in [0.15, 0.2) is 0 Å². The SMILES string of the molecule is NC(=O)C1SCc2ccccc21. The van der Waals surface area contributed by atoms with E-state index in [-0.39, 0.29) is 11.2 Å². The number of hydrogen-bond donors (Lipinski definition) is 1. The third-order valence-corrected chi connectivity index (χ3v) is 3.30. The highest BCUT2D eigenvalue weighted by Gasteiger charge is 2.26. The number of nitrogens with two attached hydrogens (primary N) is 1. The Bertz CT molecular complexity index is 324. The van der Waals surface area contributed by atoms with E-state index in [2.05, 4.69) is 0 Å². The Morgan fingerprint density at radius 2 is 2.25 bits per heavy atom. The Balaban J connectivity index is 2.42. The molecule has 3 heteroatoms. The van der Waals surface area contributed by atoms with Crippen LogP contribution in [0.2, 0.25) is 0 Å². The van der Waals surface area contributed by atoms with E-state index in [9.17, 15) is 4.79 Å². The maximum atomic E-state index is 11.0. The van der Waals surface area contributed by atoms with Crippen LogP contribution in [-0.4, -0.2) is 5.91 Å². The minimum absolute atomic E-state index is 0.124. The molecule has 1 aromatic rings. The molecule has 0 fully saturated rings. The number of fused-ring (bicyclic) bond motifs is 1. The van der Waals surface area contributed by atoms with Crippen molar-refractivity contribution in [2.75, 3.05) is 0 Å². The van der Waals surface area contributed by atoms with E-state index in [1.165, 1.54) is 5.56 Å². The van der Waals surface area contributed by atoms with E-state index in [0.717, 1.165) is 11.3 Å². The highest BCUT2D eigenvalue weighted by molar-refractivity contribution is 7.99. The zero-order valence-corrected chi connectivity index (χ0v) is 7.30. The van der Waals surface area contributed by atoms with Crippen LogP contribution >= 0.6 is 11.8 Å². The molecule has 62 valence electrons. The van der Waals surface area contributed by atoms with E-state index in [0.29, 0.717) is 0 Å². The molecule has 2 nitrogen and oxygen atoms in total. The Morgan fingerprint density at radius 3 is 3.00 bits per heavy atom. The van der Waals surface area contributed by atoms with Gasteiger partial charge in [-0.1, -0.05) is 24.3 Å². The summed E-state index contributed by atoms with van der Waals surface area (Å²) in [5.74, 6) is 0.675. The third kappa shape index (κ3) is 1.10. The first-order valence-electron chi connectivity index (χ1n) is 3.78. The van der Waals surface area contributed by atoms with Gasteiger partial charge in [0.25, 0.3) is 0 Å². The molecular weight excluding hydrogens is 170 g/mol. The largest absolute Gasteiger partial charge is 0.368 e.